The van der Waals surface area contributed by atoms with Gasteiger partial charge in [-0.25, -0.2) is 0 Å². The van der Waals surface area contributed by atoms with E-state index >= 15 is 0 Å². The molecule has 0 aromatic heterocycles. The highest BCUT2D eigenvalue weighted by Crippen LogP contribution is 2.30. The van der Waals surface area contributed by atoms with E-state index in [-0.39, 0.29) is 0 Å². The number of hydrogen-bond donors (Lipinski definition) is 1. The molecule has 3 nitrogen and oxygen atoms in total. The van der Waals surface area contributed by atoms with E-state index in [1.54, 1.807) is 7.11 Å². The van der Waals surface area contributed by atoms with E-state index in [1.807, 2.05) is 0 Å². The third kappa shape index (κ3) is 2.27. The first-order valence-corrected chi connectivity index (χ1v) is 5.69. The minimum absolute atomic E-state index is 0.392. The number of rotatable bonds is 3. The molecule has 14 heavy (non-hydrogen) atoms. The van der Waals surface area contributed by atoms with Crippen LogP contribution in [0.5, 0.6) is 0 Å². The van der Waals surface area contributed by atoms with Gasteiger partial charge >= 0.3 is 0 Å². The van der Waals surface area contributed by atoms with E-state index in [9.17, 15) is 5.11 Å². The zero-order valence-electron chi connectivity index (χ0n) is 9.04. The lowest BCUT2D eigenvalue weighted by atomic mass is 9.84. The third-order valence-electron chi connectivity index (χ3n) is 3.56. The second-order valence-corrected chi connectivity index (χ2v) is 4.84. The van der Waals surface area contributed by atoms with Crippen molar-refractivity contribution in [3.63, 3.8) is 0 Å². The Morgan fingerprint density at radius 3 is 2.50 bits per heavy atom. The molecule has 0 spiro atoms. The van der Waals surface area contributed by atoms with Crippen molar-refractivity contribution in [1.82, 2.24) is 4.90 Å². The Bertz CT molecular complexity index is 184. The SMILES string of the molecule is COC1CN(CC2(O)CCCCC2)C1. The number of nitrogens with zero attached hydrogens (tertiary/aromatic N) is 1. The van der Waals surface area contributed by atoms with Gasteiger partial charge in [-0.3, -0.25) is 4.90 Å². The van der Waals surface area contributed by atoms with Gasteiger partial charge in [-0.15, -0.1) is 0 Å². The first kappa shape index (κ1) is 10.4. The Morgan fingerprint density at radius 2 is 1.93 bits per heavy atom. The van der Waals surface area contributed by atoms with Gasteiger partial charge < -0.3 is 9.84 Å². The van der Waals surface area contributed by atoms with Crippen LogP contribution in [0, 0.1) is 0 Å². The van der Waals surface area contributed by atoms with E-state index in [4.69, 9.17) is 4.74 Å². The molecule has 1 aliphatic heterocycles. The fourth-order valence-corrected chi connectivity index (χ4v) is 2.58. The van der Waals surface area contributed by atoms with Crippen LogP contribution in [-0.2, 0) is 4.74 Å². The molecule has 2 aliphatic rings. The molecular weight excluding hydrogens is 178 g/mol. The average molecular weight is 199 g/mol. The van der Waals surface area contributed by atoms with E-state index in [2.05, 4.69) is 4.90 Å². The van der Waals surface area contributed by atoms with Gasteiger partial charge in [0.05, 0.1) is 11.7 Å². The van der Waals surface area contributed by atoms with Gasteiger partial charge in [0, 0.05) is 26.7 Å². The monoisotopic (exact) mass is 199 g/mol. The summed E-state index contributed by atoms with van der Waals surface area (Å²) in [7, 11) is 1.76. The minimum Gasteiger partial charge on any atom is -0.389 e. The van der Waals surface area contributed by atoms with Crippen molar-refractivity contribution in [3.8, 4) is 0 Å². The molecule has 0 atom stereocenters. The number of hydrogen-bond acceptors (Lipinski definition) is 3. The summed E-state index contributed by atoms with van der Waals surface area (Å²) < 4.78 is 5.22. The molecule has 2 rings (SSSR count). The van der Waals surface area contributed by atoms with Crippen LogP contribution in [0.3, 0.4) is 0 Å². The Kier molecular flexibility index (Phi) is 3.10. The first-order chi connectivity index (χ1) is 6.72. The van der Waals surface area contributed by atoms with Crippen molar-refractivity contribution in [1.29, 1.82) is 0 Å². The Morgan fingerprint density at radius 1 is 1.29 bits per heavy atom. The maximum atomic E-state index is 10.3. The van der Waals surface area contributed by atoms with Crippen LogP contribution in [0.1, 0.15) is 32.1 Å². The third-order valence-corrected chi connectivity index (χ3v) is 3.56. The quantitative estimate of drug-likeness (QED) is 0.736. The maximum Gasteiger partial charge on any atom is 0.0824 e. The molecule has 1 saturated heterocycles. The molecule has 1 saturated carbocycles. The van der Waals surface area contributed by atoms with Gasteiger partial charge in [0.25, 0.3) is 0 Å². The average Bonchev–Trinajstić information content (AvgIpc) is 2.12. The van der Waals surface area contributed by atoms with Gasteiger partial charge in [-0.05, 0) is 12.8 Å². The number of likely N-dealkylation sites (tertiary alicyclic amines) is 1. The van der Waals surface area contributed by atoms with Crippen molar-refractivity contribution in [2.45, 2.75) is 43.8 Å². The van der Waals surface area contributed by atoms with Gasteiger partial charge in [0.2, 0.25) is 0 Å². The maximum absolute atomic E-state index is 10.3. The molecule has 0 bridgehead atoms. The molecule has 0 aromatic rings. The summed E-state index contributed by atoms with van der Waals surface area (Å²) in [6.45, 7) is 2.85. The number of β-amino-alcohol motifs (C(OH)–C–C–N with tert-alkyl or cyclic N) is 1. The number of methoxy groups -OCH3 is 1. The molecular formula is C11H21NO2. The predicted molar refractivity (Wildman–Crippen MR) is 55.3 cm³/mol. The summed E-state index contributed by atoms with van der Waals surface area (Å²) in [5, 5.41) is 10.3. The molecule has 1 N–H and O–H groups in total. The second-order valence-electron chi connectivity index (χ2n) is 4.84. The smallest absolute Gasteiger partial charge is 0.0824 e. The Balaban J connectivity index is 1.74. The van der Waals surface area contributed by atoms with Crippen molar-refractivity contribution < 1.29 is 9.84 Å². The van der Waals surface area contributed by atoms with Crippen molar-refractivity contribution in [2.75, 3.05) is 26.7 Å². The molecule has 1 heterocycles. The normalized spacial score (nSPS) is 28.7. The highest BCUT2D eigenvalue weighted by molar-refractivity contribution is 4.90. The van der Waals surface area contributed by atoms with E-state index in [0.717, 1.165) is 32.5 Å². The lowest BCUT2D eigenvalue weighted by Crippen LogP contribution is -2.57. The summed E-state index contributed by atoms with van der Waals surface area (Å²) in [6.07, 6.45) is 6.06. The number of aliphatic hydroxyl groups is 1. The topological polar surface area (TPSA) is 32.7 Å². The molecule has 2 fully saturated rings. The zero-order valence-corrected chi connectivity index (χ0v) is 9.04. The second kappa shape index (κ2) is 4.17. The largest absolute Gasteiger partial charge is 0.389 e. The zero-order chi connectivity index (χ0) is 10.0. The van der Waals surface area contributed by atoms with E-state index in [1.165, 1.54) is 19.3 Å². The lowest BCUT2D eigenvalue weighted by molar-refractivity contribution is -0.0863. The minimum atomic E-state index is -0.392. The highest BCUT2D eigenvalue weighted by atomic mass is 16.5. The summed E-state index contributed by atoms with van der Waals surface area (Å²) in [4.78, 5) is 2.31. The van der Waals surface area contributed by atoms with E-state index < -0.39 is 5.60 Å². The van der Waals surface area contributed by atoms with Crippen LogP contribution in [0.2, 0.25) is 0 Å². The summed E-state index contributed by atoms with van der Waals surface area (Å²) in [5.74, 6) is 0. The first-order valence-electron chi connectivity index (χ1n) is 5.69. The van der Waals surface area contributed by atoms with Crippen LogP contribution in [0.15, 0.2) is 0 Å². The van der Waals surface area contributed by atoms with Crippen LogP contribution in [-0.4, -0.2) is 48.5 Å². The molecule has 0 unspecified atom stereocenters. The Hall–Kier alpha value is -0.120. The molecule has 3 heteroatoms. The van der Waals surface area contributed by atoms with Crippen LogP contribution < -0.4 is 0 Å². The molecule has 0 amide bonds. The summed E-state index contributed by atoms with van der Waals surface area (Å²) in [6, 6.07) is 0. The van der Waals surface area contributed by atoms with E-state index in [0.29, 0.717) is 6.10 Å². The lowest BCUT2D eigenvalue weighted by Gasteiger charge is -2.44. The van der Waals surface area contributed by atoms with Crippen molar-refractivity contribution in [3.05, 3.63) is 0 Å². The Labute approximate surface area is 86.0 Å². The highest BCUT2D eigenvalue weighted by Gasteiger charge is 2.36. The summed E-state index contributed by atoms with van der Waals surface area (Å²) >= 11 is 0. The fourth-order valence-electron chi connectivity index (χ4n) is 2.58. The molecule has 0 aromatic carbocycles. The van der Waals surface area contributed by atoms with Gasteiger partial charge in [-0.1, -0.05) is 19.3 Å². The predicted octanol–water partition coefficient (Wildman–Crippen LogP) is 1.01. The summed E-state index contributed by atoms with van der Waals surface area (Å²) in [5.41, 5.74) is -0.392. The number of ether oxygens (including phenoxy) is 1. The van der Waals surface area contributed by atoms with Crippen LogP contribution in [0.25, 0.3) is 0 Å². The van der Waals surface area contributed by atoms with Gasteiger partial charge in [0.15, 0.2) is 0 Å². The van der Waals surface area contributed by atoms with Crippen LogP contribution in [0.4, 0.5) is 0 Å². The van der Waals surface area contributed by atoms with Crippen molar-refractivity contribution >= 4 is 0 Å². The van der Waals surface area contributed by atoms with Gasteiger partial charge in [-0.2, -0.15) is 0 Å². The molecule has 1 aliphatic carbocycles. The van der Waals surface area contributed by atoms with Gasteiger partial charge in [0.1, 0.15) is 0 Å². The fraction of sp³-hybridized carbons (Fsp3) is 1.00. The standard InChI is InChI=1S/C11H21NO2/c1-14-10-7-12(8-10)9-11(13)5-3-2-4-6-11/h10,13H,2-9H2,1H3. The molecule has 0 radical (unpaired) electrons. The molecule has 82 valence electrons. The van der Waals surface area contributed by atoms with Crippen LogP contribution >= 0.6 is 0 Å². The van der Waals surface area contributed by atoms with Crippen molar-refractivity contribution in [2.24, 2.45) is 0 Å².